The van der Waals surface area contributed by atoms with Crippen LogP contribution < -0.4 is 0 Å². The monoisotopic (exact) mass is 442 g/mol. The lowest BCUT2D eigenvalue weighted by molar-refractivity contribution is -0.159. The highest BCUT2D eigenvalue weighted by atomic mass is 16.5. The van der Waals surface area contributed by atoms with Crippen LogP contribution in [0.5, 0.6) is 0 Å². The summed E-state index contributed by atoms with van der Waals surface area (Å²) >= 11 is 0. The van der Waals surface area contributed by atoms with Crippen LogP contribution in [0.3, 0.4) is 0 Å². The Labute approximate surface area is 196 Å². The van der Waals surface area contributed by atoms with Crippen LogP contribution in [0.2, 0.25) is 0 Å². The van der Waals surface area contributed by atoms with Crippen molar-refractivity contribution in [3.63, 3.8) is 0 Å². The van der Waals surface area contributed by atoms with E-state index in [9.17, 15) is 9.59 Å². The number of allylic oxidation sites excluding steroid dienone is 1. The maximum atomic E-state index is 12.6. The van der Waals surface area contributed by atoms with Gasteiger partial charge in [0.2, 0.25) is 0 Å². The zero-order valence-corrected chi connectivity index (χ0v) is 20.7. The third-order valence-corrected chi connectivity index (χ3v) is 9.72. The second-order valence-corrected chi connectivity index (χ2v) is 11.6. The van der Waals surface area contributed by atoms with Crippen LogP contribution in [0.1, 0.15) is 123 Å². The summed E-state index contributed by atoms with van der Waals surface area (Å²) < 4.78 is 6.15. The molecule has 32 heavy (non-hydrogen) atoms. The number of rotatable bonds is 10. The average Bonchev–Trinajstić information content (AvgIpc) is 3.11. The largest absolute Gasteiger partial charge is 0.462 e. The molecule has 3 nitrogen and oxygen atoms in total. The zero-order valence-electron chi connectivity index (χ0n) is 20.7. The number of hydrogen-bond donors (Lipinski definition) is 0. The third kappa shape index (κ3) is 5.17. The molecule has 180 valence electrons. The molecule has 0 unspecified atom stereocenters. The molecule has 3 saturated carbocycles. The van der Waals surface area contributed by atoms with Gasteiger partial charge in [0.25, 0.3) is 0 Å². The Balaban J connectivity index is 1.24. The summed E-state index contributed by atoms with van der Waals surface area (Å²) in [7, 11) is 0. The molecule has 0 aliphatic heterocycles. The van der Waals surface area contributed by atoms with Crippen molar-refractivity contribution in [1.29, 1.82) is 0 Å². The highest BCUT2D eigenvalue weighted by molar-refractivity contribution is 5.91. The number of carbonyl (C=O) groups is 2. The van der Waals surface area contributed by atoms with Crippen LogP contribution in [0.4, 0.5) is 0 Å². The van der Waals surface area contributed by atoms with Crippen LogP contribution in [-0.4, -0.2) is 17.9 Å². The molecule has 0 aromatic heterocycles. The average molecular weight is 443 g/mol. The van der Waals surface area contributed by atoms with E-state index < -0.39 is 0 Å². The Morgan fingerprint density at radius 2 is 1.69 bits per heavy atom. The molecule has 0 aromatic rings. The maximum absolute atomic E-state index is 12.6. The van der Waals surface area contributed by atoms with E-state index in [4.69, 9.17) is 4.74 Å². The smallest absolute Gasteiger partial charge is 0.306 e. The minimum Gasteiger partial charge on any atom is -0.462 e. The fourth-order valence-corrected chi connectivity index (χ4v) is 7.95. The van der Waals surface area contributed by atoms with Crippen molar-refractivity contribution >= 4 is 11.8 Å². The van der Waals surface area contributed by atoms with Gasteiger partial charge in [0.05, 0.1) is 0 Å². The summed E-state index contributed by atoms with van der Waals surface area (Å²) in [6, 6.07) is 0. The highest BCUT2D eigenvalue weighted by Gasteiger charge is 2.57. The summed E-state index contributed by atoms with van der Waals surface area (Å²) in [5.74, 6) is 3.26. The van der Waals surface area contributed by atoms with E-state index in [1.54, 1.807) is 0 Å². The molecule has 3 fully saturated rings. The van der Waals surface area contributed by atoms with E-state index in [0.717, 1.165) is 50.4 Å². The standard InChI is InChI=1S/C29H46O3/c1-3-4-5-6-7-8-9-10-11-28(31)32-27-17-16-26-25-14-12-21-20-22(30)13-15-23(21)24(25)18-19-29(26,27)2/h20,23-27H,3-19H2,1-2H3/t23-,24+,25+,26+,27+,29-/m0/s1. The number of fused-ring (bicyclic) bond motifs is 5. The number of unbranched alkanes of at least 4 members (excludes halogenated alkanes) is 7. The SMILES string of the molecule is CCCCCCCCCCC(=O)O[C@@H]1CC[C@@H]2[C@@H]3CCC4=CC(=O)CC[C@@H]4[C@H]3CC[C@@]21C. The Bertz CT molecular complexity index is 695. The summed E-state index contributed by atoms with van der Waals surface area (Å²) in [5.41, 5.74) is 1.62. The Kier molecular flexibility index (Phi) is 8.16. The predicted molar refractivity (Wildman–Crippen MR) is 129 cm³/mol. The van der Waals surface area contributed by atoms with E-state index in [1.165, 1.54) is 69.8 Å². The van der Waals surface area contributed by atoms with E-state index in [0.29, 0.717) is 24.0 Å². The molecule has 0 radical (unpaired) electrons. The van der Waals surface area contributed by atoms with Gasteiger partial charge in [0.15, 0.2) is 5.78 Å². The van der Waals surface area contributed by atoms with Gasteiger partial charge in [-0.3, -0.25) is 9.59 Å². The lowest BCUT2D eigenvalue weighted by Crippen LogP contribution is -2.48. The first-order valence-corrected chi connectivity index (χ1v) is 14.0. The van der Waals surface area contributed by atoms with Crippen LogP contribution >= 0.6 is 0 Å². The number of hydrogen-bond acceptors (Lipinski definition) is 3. The molecule has 4 aliphatic rings. The normalized spacial score (nSPS) is 36.1. The van der Waals surface area contributed by atoms with Crippen LogP contribution in [-0.2, 0) is 14.3 Å². The zero-order chi connectivity index (χ0) is 22.6. The quantitative estimate of drug-likeness (QED) is 0.259. The Morgan fingerprint density at radius 1 is 0.938 bits per heavy atom. The van der Waals surface area contributed by atoms with Gasteiger partial charge in [-0.2, -0.15) is 0 Å². The molecule has 0 bridgehead atoms. The minimum absolute atomic E-state index is 0.0460. The molecular formula is C29H46O3. The fraction of sp³-hybridized carbons (Fsp3) is 0.862. The second kappa shape index (κ2) is 10.9. The first kappa shape index (κ1) is 24.0. The van der Waals surface area contributed by atoms with Crippen molar-refractivity contribution < 1.29 is 14.3 Å². The fourth-order valence-electron chi connectivity index (χ4n) is 7.95. The van der Waals surface area contributed by atoms with E-state index >= 15 is 0 Å². The second-order valence-electron chi connectivity index (χ2n) is 11.6. The van der Waals surface area contributed by atoms with Crippen LogP contribution in [0.25, 0.3) is 0 Å². The molecule has 0 spiro atoms. The molecular weight excluding hydrogens is 396 g/mol. The summed E-state index contributed by atoms with van der Waals surface area (Å²) in [4.78, 5) is 24.5. The van der Waals surface area contributed by atoms with Crippen molar-refractivity contribution in [3.8, 4) is 0 Å². The molecule has 4 rings (SSSR count). The van der Waals surface area contributed by atoms with Crippen molar-refractivity contribution in [1.82, 2.24) is 0 Å². The predicted octanol–water partition coefficient (Wildman–Crippen LogP) is 7.57. The van der Waals surface area contributed by atoms with Gasteiger partial charge < -0.3 is 4.74 Å². The van der Waals surface area contributed by atoms with E-state index in [1.807, 2.05) is 6.08 Å². The van der Waals surface area contributed by atoms with Crippen molar-refractivity contribution in [3.05, 3.63) is 11.6 Å². The van der Waals surface area contributed by atoms with E-state index in [2.05, 4.69) is 13.8 Å². The molecule has 3 heteroatoms. The van der Waals surface area contributed by atoms with Crippen LogP contribution in [0.15, 0.2) is 11.6 Å². The number of esters is 1. The maximum Gasteiger partial charge on any atom is 0.306 e. The van der Waals surface area contributed by atoms with Gasteiger partial charge in [-0.1, -0.05) is 64.4 Å². The Morgan fingerprint density at radius 3 is 2.47 bits per heavy atom. The van der Waals surface area contributed by atoms with Gasteiger partial charge in [0.1, 0.15) is 6.10 Å². The molecule has 0 saturated heterocycles. The molecule has 0 aromatic carbocycles. The molecule has 4 aliphatic carbocycles. The van der Waals surface area contributed by atoms with Gasteiger partial charge in [-0.25, -0.2) is 0 Å². The van der Waals surface area contributed by atoms with Crippen LogP contribution in [0, 0.1) is 29.1 Å². The van der Waals surface area contributed by atoms with Crippen molar-refractivity contribution in [2.75, 3.05) is 0 Å². The first-order valence-electron chi connectivity index (χ1n) is 14.0. The third-order valence-electron chi connectivity index (χ3n) is 9.72. The van der Waals surface area contributed by atoms with E-state index in [-0.39, 0.29) is 17.5 Å². The summed E-state index contributed by atoms with van der Waals surface area (Å²) in [5, 5.41) is 0. The van der Waals surface area contributed by atoms with Gasteiger partial charge in [0, 0.05) is 18.3 Å². The number of ether oxygens (including phenoxy) is 1. The Hall–Kier alpha value is -1.12. The topological polar surface area (TPSA) is 43.4 Å². The van der Waals surface area contributed by atoms with Gasteiger partial charge in [-0.05, 0) is 81.1 Å². The molecule has 0 N–H and O–H groups in total. The lowest BCUT2D eigenvalue weighted by Gasteiger charge is -2.53. The highest BCUT2D eigenvalue weighted by Crippen LogP contribution is 2.62. The number of ketones is 1. The lowest BCUT2D eigenvalue weighted by atomic mass is 9.52. The van der Waals surface area contributed by atoms with Crippen molar-refractivity contribution in [2.24, 2.45) is 29.1 Å². The molecule has 6 atom stereocenters. The molecule has 0 amide bonds. The first-order chi connectivity index (χ1) is 15.5. The minimum atomic E-state index is 0.0460. The number of carbonyl (C=O) groups excluding carboxylic acids is 2. The van der Waals surface area contributed by atoms with Crippen molar-refractivity contribution in [2.45, 2.75) is 129 Å². The summed E-state index contributed by atoms with van der Waals surface area (Å²) in [6.45, 7) is 4.68. The van der Waals surface area contributed by atoms with Gasteiger partial charge in [-0.15, -0.1) is 0 Å². The van der Waals surface area contributed by atoms with Gasteiger partial charge >= 0.3 is 5.97 Å². The molecule has 0 heterocycles. The summed E-state index contributed by atoms with van der Waals surface area (Å²) in [6.07, 6.45) is 21.7.